The Hall–Kier alpha value is -2.44. The minimum Gasteiger partial charge on any atom is -0.497 e. The number of aromatic nitrogens is 4. The molecule has 0 fully saturated rings. The number of methoxy groups -OCH3 is 1. The van der Waals surface area contributed by atoms with Crippen LogP contribution in [0.25, 0.3) is 0 Å². The monoisotopic (exact) mass is 247 g/mol. The van der Waals surface area contributed by atoms with Crippen LogP contribution in [0.3, 0.4) is 0 Å². The fourth-order valence-electron chi connectivity index (χ4n) is 1.42. The van der Waals surface area contributed by atoms with E-state index in [-0.39, 0.29) is 5.91 Å². The summed E-state index contributed by atoms with van der Waals surface area (Å²) in [5, 5.41) is 16.1. The van der Waals surface area contributed by atoms with Gasteiger partial charge in [0.2, 0.25) is 0 Å². The largest absolute Gasteiger partial charge is 0.497 e. The van der Waals surface area contributed by atoms with Crippen molar-refractivity contribution in [1.82, 2.24) is 25.9 Å². The van der Waals surface area contributed by atoms with Gasteiger partial charge >= 0.3 is 0 Å². The van der Waals surface area contributed by atoms with Gasteiger partial charge in [-0.05, 0) is 24.3 Å². The number of hydrogen-bond donors (Lipinski definition) is 2. The molecule has 2 N–H and O–H groups in total. The van der Waals surface area contributed by atoms with Gasteiger partial charge in [0.25, 0.3) is 5.91 Å². The van der Waals surface area contributed by atoms with Crippen LogP contribution in [0.1, 0.15) is 16.2 Å². The Bertz CT molecular complexity index is 495. The first-order chi connectivity index (χ1) is 8.79. The summed E-state index contributed by atoms with van der Waals surface area (Å²) < 4.78 is 5.02. The number of carbonyl (C=O) groups excluding carboxylic acids is 1. The van der Waals surface area contributed by atoms with Crippen molar-refractivity contribution in [1.29, 1.82) is 0 Å². The minimum atomic E-state index is -0.138. The molecular weight excluding hydrogens is 234 g/mol. The van der Waals surface area contributed by atoms with Gasteiger partial charge in [-0.3, -0.25) is 4.79 Å². The number of amides is 1. The second-order valence-corrected chi connectivity index (χ2v) is 3.56. The molecule has 1 amide bonds. The van der Waals surface area contributed by atoms with Crippen LogP contribution in [0, 0.1) is 0 Å². The molecule has 1 aromatic carbocycles. The lowest BCUT2D eigenvalue weighted by Gasteiger charge is -2.04. The third kappa shape index (κ3) is 3.03. The molecule has 0 saturated carbocycles. The Morgan fingerprint density at radius 2 is 2.17 bits per heavy atom. The van der Waals surface area contributed by atoms with E-state index in [1.54, 1.807) is 31.4 Å². The topological polar surface area (TPSA) is 92.8 Å². The lowest BCUT2D eigenvalue weighted by molar-refractivity contribution is 0.0954. The first kappa shape index (κ1) is 12.0. The zero-order valence-corrected chi connectivity index (χ0v) is 9.88. The van der Waals surface area contributed by atoms with E-state index in [0.717, 1.165) is 5.75 Å². The van der Waals surface area contributed by atoms with Gasteiger partial charge in [-0.25, -0.2) is 0 Å². The third-order valence-corrected chi connectivity index (χ3v) is 2.38. The summed E-state index contributed by atoms with van der Waals surface area (Å²) in [6.07, 6.45) is 0.540. The third-order valence-electron chi connectivity index (χ3n) is 2.38. The number of rotatable bonds is 5. The van der Waals surface area contributed by atoms with Gasteiger partial charge in [-0.2, -0.15) is 5.21 Å². The molecule has 1 heterocycles. The predicted octanol–water partition coefficient (Wildman–Crippen LogP) is 0.181. The summed E-state index contributed by atoms with van der Waals surface area (Å²) in [5.41, 5.74) is 0.587. The maximum atomic E-state index is 11.8. The van der Waals surface area contributed by atoms with Crippen molar-refractivity contribution in [3.05, 3.63) is 35.7 Å². The van der Waals surface area contributed by atoms with Crippen LogP contribution in [0.15, 0.2) is 24.3 Å². The zero-order valence-electron chi connectivity index (χ0n) is 9.88. The zero-order chi connectivity index (χ0) is 12.8. The van der Waals surface area contributed by atoms with Crippen LogP contribution >= 0.6 is 0 Å². The summed E-state index contributed by atoms with van der Waals surface area (Å²) in [6.45, 7) is 0.463. The Morgan fingerprint density at radius 1 is 1.39 bits per heavy atom. The van der Waals surface area contributed by atoms with Gasteiger partial charge in [0.05, 0.1) is 7.11 Å². The summed E-state index contributed by atoms with van der Waals surface area (Å²) in [5.74, 6) is 1.16. The molecule has 0 unspecified atom stereocenters. The molecule has 0 aliphatic rings. The average Bonchev–Trinajstić information content (AvgIpc) is 2.92. The molecule has 1 aromatic heterocycles. The van der Waals surface area contributed by atoms with Crippen LogP contribution in [-0.4, -0.2) is 40.2 Å². The molecule has 7 nitrogen and oxygen atoms in total. The van der Waals surface area contributed by atoms with Crippen molar-refractivity contribution in [3.8, 4) is 5.75 Å². The molecule has 94 valence electrons. The number of aromatic amines is 1. The van der Waals surface area contributed by atoms with Crippen LogP contribution < -0.4 is 10.1 Å². The number of tetrazole rings is 1. The number of carbonyl (C=O) groups is 1. The Labute approximate surface area is 104 Å². The molecule has 0 spiro atoms. The Kier molecular flexibility index (Phi) is 3.85. The van der Waals surface area contributed by atoms with E-state index in [0.29, 0.717) is 24.4 Å². The average molecular weight is 247 g/mol. The molecule has 0 bridgehead atoms. The molecule has 18 heavy (non-hydrogen) atoms. The molecule has 0 aliphatic heterocycles. The second-order valence-electron chi connectivity index (χ2n) is 3.56. The highest BCUT2D eigenvalue weighted by Crippen LogP contribution is 2.10. The second kappa shape index (κ2) is 5.76. The first-order valence-corrected chi connectivity index (χ1v) is 5.44. The molecule has 2 rings (SSSR count). The van der Waals surface area contributed by atoms with Crippen molar-refractivity contribution in [2.45, 2.75) is 6.42 Å². The Morgan fingerprint density at radius 3 is 2.78 bits per heavy atom. The highest BCUT2D eigenvalue weighted by molar-refractivity contribution is 5.94. The van der Waals surface area contributed by atoms with Gasteiger partial charge in [-0.15, -0.1) is 10.2 Å². The maximum absolute atomic E-state index is 11.8. The molecule has 7 heteroatoms. The van der Waals surface area contributed by atoms with E-state index in [9.17, 15) is 4.79 Å². The van der Waals surface area contributed by atoms with Crippen LogP contribution in [-0.2, 0) is 6.42 Å². The summed E-state index contributed by atoms with van der Waals surface area (Å²) >= 11 is 0. The summed E-state index contributed by atoms with van der Waals surface area (Å²) in [4.78, 5) is 11.8. The first-order valence-electron chi connectivity index (χ1n) is 5.44. The highest BCUT2D eigenvalue weighted by atomic mass is 16.5. The quantitative estimate of drug-likeness (QED) is 0.786. The molecule has 2 aromatic rings. The molecule has 0 atom stereocenters. The number of hydrogen-bond acceptors (Lipinski definition) is 5. The number of nitrogens with zero attached hydrogens (tertiary/aromatic N) is 3. The maximum Gasteiger partial charge on any atom is 0.251 e. The van der Waals surface area contributed by atoms with Crippen molar-refractivity contribution in [2.24, 2.45) is 0 Å². The van der Waals surface area contributed by atoms with Crippen LogP contribution in [0.2, 0.25) is 0 Å². The van der Waals surface area contributed by atoms with E-state index in [4.69, 9.17) is 4.74 Å². The lowest BCUT2D eigenvalue weighted by atomic mass is 10.2. The summed E-state index contributed by atoms with van der Waals surface area (Å²) in [6, 6.07) is 6.91. The minimum absolute atomic E-state index is 0.138. The van der Waals surface area contributed by atoms with Gasteiger partial charge in [0.15, 0.2) is 5.82 Å². The van der Waals surface area contributed by atoms with Crippen molar-refractivity contribution < 1.29 is 9.53 Å². The van der Waals surface area contributed by atoms with Crippen LogP contribution in [0.5, 0.6) is 5.75 Å². The Balaban J connectivity index is 1.83. The van der Waals surface area contributed by atoms with E-state index in [1.165, 1.54) is 0 Å². The summed E-state index contributed by atoms with van der Waals surface area (Å²) in [7, 11) is 1.58. The fourth-order valence-corrected chi connectivity index (χ4v) is 1.42. The van der Waals surface area contributed by atoms with Crippen molar-refractivity contribution in [3.63, 3.8) is 0 Å². The SMILES string of the molecule is COc1ccc(C(=O)NCCc2nn[nH]n2)cc1. The molecular formula is C11H13N5O2. The van der Waals surface area contributed by atoms with Crippen LogP contribution in [0.4, 0.5) is 0 Å². The smallest absolute Gasteiger partial charge is 0.251 e. The molecule has 0 aliphatic carbocycles. The van der Waals surface area contributed by atoms with E-state index < -0.39 is 0 Å². The van der Waals surface area contributed by atoms with Crippen molar-refractivity contribution >= 4 is 5.91 Å². The standard InChI is InChI=1S/C11H13N5O2/c1-18-9-4-2-8(3-5-9)11(17)12-7-6-10-13-15-16-14-10/h2-5H,6-7H2,1H3,(H,12,17)(H,13,14,15,16). The van der Waals surface area contributed by atoms with E-state index in [2.05, 4.69) is 25.9 Å². The number of H-pyrrole nitrogens is 1. The van der Waals surface area contributed by atoms with Gasteiger partial charge in [0.1, 0.15) is 5.75 Å². The highest BCUT2D eigenvalue weighted by Gasteiger charge is 2.05. The lowest BCUT2D eigenvalue weighted by Crippen LogP contribution is -2.25. The van der Waals surface area contributed by atoms with Gasteiger partial charge in [-0.1, -0.05) is 5.21 Å². The van der Waals surface area contributed by atoms with E-state index >= 15 is 0 Å². The fraction of sp³-hybridized carbons (Fsp3) is 0.273. The van der Waals surface area contributed by atoms with E-state index in [1.807, 2.05) is 0 Å². The number of nitrogens with one attached hydrogen (secondary N) is 2. The number of ether oxygens (including phenoxy) is 1. The number of benzene rings is 1. The van der Waals surface area contributed by atoms with Gasteiger partial charge < -0.3 is 10.1 Å². The predicted molar refractivity (Wildman–Crippen MR) is 63.2 cm³/mol. The van der Waals surface area contributed by atoms with Gasteiger partial charge in [0, 0.05) is 18.5 Å². The molecule has 0 radical (unpaired) electrons. The normalized spacial score (nSPS) is 10.1. The van der Waals surface area contributed by atoms with Crippen molar-refractivity contribution in [2.75, 3.05) is 13.7 Å². The molecule has 0 saturated heterocycles.